The van der Waals surface area contributed by atoms with E-state index < -0.39 is 0 Å². The van der Waals surface area contributed by atoms with E-state index in [9.17, 15) is 0 Å². The monoisotopic (exact) mass is 310 g/mol. The molecule has 3 rings (SSSR count). The lowest BCUT2D eigenvalue weighted by Gasteiger charge is -2.31. The summed E-state index contributed by atoms with van der Waals surface area (Å²) < 4.78 is 5.97. The van der Waals surface area contributed by atoms with Gasteiger partial charge in [0.2, 0.25) is 0 Å². The molecule has 2 heterocycles. The van der Waals surface area contributed by atoms with Gasteiger partial charge < -0.3 is 9.73 Å². The Hall–Kier alpha value is -1.84. The molecule has 3 heteroatoms. The molecule has 0 amide bonds. The number of rotatable bonds is 6. The van der Waals surface area contributed by atoms with E-state index in [1.54, 1.807) is 0 Å². The Kier molecular flexibility index (Phi) is 5.31. The number of likely N-dealkylation sites (tertiary alicyclic amines) is 1. The standard InChI is InChI=1S/C20H26N2O/c1-3-12-22-13-10-18(11-14-22)21-15-19-8-9-20(23-19)17-6-4-16(2)5-7-17/h3-9,18,21H,1,10-15H2,2H3. The van der Waals surface area contributed by atoms with Crippen molar-refractivity contribution in [2.45, 2.75) is 32.4 Å². The van der Waals surface area contributed by atoms with Gasteiger partial charge in [-0.05, 0) is 45.0 Å². The number of hydrogen-bond acceptors (Lipinski definition) is 3. The van der Waals surface area contributed by atoms with E-state index in [-0.39, 0.29) is 0 Å². The molecule has 3 nitrogen and oxygen atoms in total. The molecular weight excluding hydrogens is 284 g/mol. The van der Waals surface area contributed by atoms with Crippen LogP contribution in [0.1, 0.15) is 24.2 Å². The third-order valence-corrected chi connectivity index (χ3v) is 4.54. The van der Waals surface area contributed by atoms with Crippen LogP contribution in [0.2, 0.25) is 0 Å². The molecule has 0 spiro atoms. The van der Waals surface area contributed by atoms with Gasteiger partial charge >= 0.3 is 0 Å². The van der Waals surface area contributed by atoms with Crippen molar-refractivity contribution in [2.75, 3.05) is 19.6 Å². The van der Waals surface area contributed by atoms with Crippen molar-refractivity contribution in [1.29, 1.82) is 0 Å². The lowest BCUT2D eigenvalue weighted by Crippen LogP contribution is -2.42. The van der Waals surface area contributed by atoms with E-state index in [4.69, 9.17) is 4.42 Å². The fourth-order valence-electron chi connectivity index (χ4n) is 3.09. The zero-order valence-corrected chi connectivity index (χ0v) is 13.9. The highest BCUT2D eigenvalue weighted by atomic mass is 16.3. The van der Waals surface area contributed by atoms with Gasteiger partial charge in [-0.2, -0.15) is 0 Å². The summed E-state index contributed by atoms with van der Waals surface area (Å²) >= 11 is 0. The van der Waals surface area contributed by atoms with Crippen LogP contribution in [0.4, 0.5) is 0 Å². The summed E-state index contributed by atoms with van der Waals surface area (Å²) in [5, 5.41) is 3.63. The molecule has 1 aromatic carbocycles. The van der Waals surface area contributed by atoms with E-state index in [0.717, 1.165) is 43.3 Å². The maximum atomic E-state index is 5.97. The molecule has 2 aromatic rings. The summed E-state index contributed by atoms with van der Waals surface area (Å²) in [5.41, 5.74) is 2.41. The SMILES string of the molecule is C=CCN1CCC(NCc2ccc(-c3ccc(C)cc3)o2)CC1. The van der Waals surface area contributed by atoms with Gasteiger partial charge in [-0.3, -0.25) is 4.90 Å². The maximum absolute atomic E-state index is 5.97. The zero-order valence-electron chi connectivity index (χ0n) is 13.9. The number of nitrogens with zero attached hydrogens (tertiary/aromatic N) is 1. The minimum Gasteiger partial charge on any atom is -0.460 e. The van der Waals surface area contributed by atoms with Gasteiger partial charge in [0.1, 0.15) is 11.5 Å². The van der Waals surface area contributed by atoms with E-state index >= 15 is 0 Å². The number of piperidine rings is 1. The molecule has 23 heavy (non-hydrogen) atoms. The van der Waals surface area contributed by atoms with E-state index in [0.29, 0.717) is 6.04 Å². The maximum Gasteiger partial charge on any atom is 0.134 e. The summed E-state index contributed by atoms with van der Waals surface area (Å²) in [6.07, 6.45) is 4.38. The predicted octanol–water partition coefficient (Wildman–Crippen LogP) is 4.00. The molecule has 0 unspecified atom stereocenters. The van der Waals surface area contributed by atoms with E-state index in [1.165, 1.54) is 18.4 Å². The summed E-state index contributed by atoms with van der Waals surface area (Å²) in [6, 6.07) is 13.2. The van der Waals surface area contributed by atoms with Crippen LogP contribution in [0.15, 0.2) is 53.5 Å². The Morgan fingerprint density at radius 3 is 2.61 bits per heavy atom. The van der Waals surface area contributed by atoms with Gasteiger partial charge in [0.25, 0.3) is 0 Å². The molecule has 0 radical (unpaired) electrons. The highest BCUT2D eigenvalue weighted by Crippen LogP contribution is 2.22. The van der Waals surface area contributed by atoms with Crippen LogP contribution in [-0.2, 0) is 6.54 Å². The highest BCUT2D eigenvalue weighted by Gasteiger charge is 2.18. The average Bonchev–Trinajstić information content (AvgIpc) is 3.04. The molecule has 1 aromatic heterocycles. The van der Waals surface area contributed by atoms with E-state index in [1.807, 2.05) is 6.08 Å². The fourth-order valence-corrected chi connectivity index (χ4v) is 3.09. The third kappa shape index (κ3) is 4.34. The molecule has 0 atom stereocenters. The zero-order chi connectivity index (χ0) is 16.1. The van der Waals surface area contributed by atoms with Gasteiger partial charge in [-0.25, -0.2) is 0 Å². The van der Waals surface area contributed by atoms with Crippen molar-refractivity contribution in [1.82, 2.24) is 10.2 Å². The molecule has 122 valence electrons. The van der Waals surface area contributed by atoms with Crippen molar-refractivity contribution in [2.24, 2.45) is 0 Å². The van der Waals surface area contributed by atoms with Crippen molar-refractivity contribution in [3.63, 3.8) is 0 Å². The van der Waals surface area contributed by atoms with Crippen molar-refractivity contribution in [3.8, 4) is 11.3 Å². The number of hydrogen-bond donors (Lipinski definition) is 1. The molecule has 1 N–H and O–H groups in total. The molecule has 0 saturated carbocycles. The lowest BCUT2D eigenvalue weighted by molar-refractivity contribution is 0.213. The van der Waals surface area contributed by atoms with Crippen molar-refractivity contribution < 1.29 is 4.42 Å². The molecular formula is C20H26N2O. The van der Waals surface area contributed by atoms with Gasteiger partial charge in [-0.1, -0.05) is 35.9 Å². The first-order valence-electron chi connectivity index (χ1n) is 8.47. The van der Waals surface area contributed by atoms with Crippen LogP contribution >= 0.6 is 0 Å². The van der Waals surface area contributed by atoms with Crippen LogP contribution in [0.5, 0.6) is 0 Å². The average molecular weight is 310 g/mol. The number of nitrogens with one attached hydrogen (secondary N) is 1. The minimum absolute atomic E-state index is 0.587. The Bertz CT molecular complexity index is 621. The Morgan fingerprint density at radius 1 is 1.17 bits per heavy atom. The van der Waals surface area contributed by atoms with Crippen LogP contribution in [0, 0.1) is 6.92 Å². The molecule has 1 aliphatic rings. The van der Waals surface area contributed by atoms with Crippen LogP contribution < -0.4 is 5.32 Å². The second-order valence-corrected chi connectivity index (χ2v) is 6.38. The van der Waals surface area contributed by atoms with Gasteiger partial charge in [0.15, 0.2) is 0 Å². The van der Waals surface area contributed by atoms with Crippen LogP contribution in [0.25, 0.3) is 11.3 Å². The summed E-state index contributed by atoms with van der Waals surface area (Å²) in [5.74, 6) is 1.96. The fraction of sp³-hybridized carbons (Fsp3) is 0.400. The largest absolute Gasteiger partial charge is 0.460 e. The Labute approximate surface area is 139 Å². The molecule has 0 bridgehead atoms. The molecule has 1 saturated heterocycles. The quantitative estimate of drug-likeness (QED) is 0.818. The second kappa shape index (κ2) is 7.62. The number of benzene rings is 1. The predicted molar refractivity (Wildman–Crippen MR) is 95.4 cm³/mol. The topological polar surface area (TPSA) is 28.4 Å². The van der Waals surface area contributed by atoms with E-state index in [2.05, 4.69) is 60.1 Å². The Balaban J connectivity index is 1.50. The van der Waals surface area contributed by atoms with Gasteiger partial charge in [-0.15, -0.1) is 6.58 Å². The second-order valence-electron chi connectivity index (χ2n) is 6.38. The Morgan fingerprint density at radius 2 is 1.91 bits per heavy atom. The summed E-state index contributed by atoms with van der Waals surface area (Å²) in [4.78, 5) is 2.45. The molecule has 1 aliphatic heterocycles. The van der Waals surface area contributed by atoms with Crippen molar-refractivity contribution in [3.05, 3.63) is 60.4 Å². The third-order valence-electron chi connectivity index (χ3n) is 4.54. The van der Waals surface area contributed by atoms with Crippen molar-refractivity contribution >= 4 is 0 Å². The normalized spacial score (nSPS) is 16.6. The number of furan rings is 1. The summed E-state index contributed by atoms with van der Waals surface area (Å²) in [6.45, 7) is 10.0. The van der Waals surface area contributed by atoms with Gasteiger partial charge in [0, 0.05) is 18.2 Å². The lowest BCUT2D eigenvalue weighted by atomic mass is 10.1. The summed E-state index contributed by atoms with van der Waals surface area (Å²) in [7, 11) is 0. The highest BCUT2D eigenvalue weighted by molar-refractivity contribution is 5.57. The first-order valence-corrected chi connectivity index (χ1v) is 8.47. The smallest absolute Gasteiger partial charge is 0.134 e. The van der Waals surface area contributed by atoms with Crippen LogP contribution in [0.3, 0.4) is 0 Å². The first-order chi connectivity index (χ1) is 11.2. The van der Waals surface area contributed by atoms with Gasteiger partial charge in [0.05, 0.1) is 6.54 Å². The minimum atomic E-state index is 0.587. The molecule has 1 fully saturated rings. The first kappa shape index (κ1) is 16.0. The molecule has 0 aliphatic carbocycles. The van der Waals surface area contributed by atoms with Crippen LogP contribution in [-0.4, -0.2) is 30.6 Å². The number of aryl methyl sites for hydroxylation is 1.